The number of hydrogen-bond acceptors (Lipinski definition) is 4. The third kappa shape index (κ3) is 3.11. The molecule has 0 spiro atoms. The van der Waals surface area contributed by atoms with Crippen LogP contribution in [0, 0.1) is 0 Å². The van der Waals surface area contributed by atoms with Gasteiger partial charge in [-0.05, 0) is 19.9 Å². The average Bonchev–Trinajstić information content (AvgIpc) is 2.93. The molecule has 0 amide bonds. The fraction of sp³-hybridized carbons (Fsp3) is 0.400. The molecule has 0 aliphatic heterocycles. The molecule has 1 aromatic heterocycles. The zero-order chi connectivity index (χ0) is 14.4. The van der Waals surface area contributed by atoms with Gasteiger partial charge in [0.15, 0.2) is 11.5 Å². The van der Waals surface area contributed by atoms with Crippen molar-refractivity contribution in [1.82, 2.24) is 9.55 Å². The Balaban J connectivity index is 2.19. The number of ether oxygens (including phenoxy) is 2. The lowest BCUT2D eigenvalue weighted by atomic mass is 10.2. The lowest BCUT2D eigenvalue weighted by Gasteiger charge is -2.15. The number of aryl methyl sites for hydroxylation is 1. The van der Waals surface area contributed by atoms with Gasteiger partial charge in [-0.3, -0.25) is 0 Å². The van der Waals surface area contributed by atoms with Crippen LogP contribution in [0.5, 0.6) is 11.5 Å². The standard InChI is InChI=1S/C15H21N3O2/c1-3-18-9-8-17-14(18)11-20-15-12(10-16)6-5-7-13(15)19-4-2/h5-9H,3-4,10-11,16H2,1-2H3. The number of rotatable bonds is 7. The van der Waals surface area contributed by atoms with E-state index < -0.39 is 0 Å². The van der Waals surface area contributed by atoms with Crippen LogP contribution >= 0.6 is 0 Å². The SMILES string of the molecule is CCOc1cccc(CN)c1OCc1nccn1CC. The molecule has 0 saturated carbocycles. The number of hydrogen-bond donors (Lipinski definition) is 1. The van der Waals surface area contributed by atoms with Crippen LogP contribution in [0.4, 0.5) is 0 Å². The minimum absolute atomic E-state index is 0.401. The predicted molar refractivity (Wildman–Crippen MR) is 77.7 cm³/mol. The van der Waals surface area contributed by atoms with Gasteiger partial charge in [-0.15, -0.1) is 0 Å². The molecule has 1 aromatic carbocycles. The number of benzene rings is 1. The highest BCUT2D eigenvalue weighted by Crippen LogP contribution is 2.31. The topological polar surface area (TPSA) is 62.3 Å². The molecule has 20 heavy (non-hydrogen) atoms. The second-order valence-electron chi connectivity index (χ2n) is 4.30. The zero-order valence-electron chi connectivity index (χ0n) is 12.0. The van der Waals surface area contributed by atoms with Crippen LogP contribution in [0.25, 0.3) is 0 Å². The molecule has 2 N–H and O–H groups in total. The first kappa shape index (κ1) is 14.4. The molecule has 0 bridgehead atoms. The van der Waals surface area contributed by atoms with Gasteiger partial charge in [-0.1, -0.05) is 12.1 Å². The molecule has 0 radical (unpaired) electrons. The Morgan fingerprint density at radius 1 is 1.25 bits per heavy atom. The summed E-state index contributed by atoms with van der Waals surface area (Å²) in [7, 11) is 0. The third-order valence-corrected chi connectivity index (χ3v) is 3.07. The Morgan fingerprint density at radius 2 is 2.10 bits per heavy atom. The number of aromatic nitrogens is 2. The van der Waals surface area contributed by atoms with Crippen LogP contribution in [0.15, 0.2) is 30.6 Å². The summed E-state index contributed by atoms with van der Waals surface area (Å²) in [6.07, 6.45) is 3.72. The molecule has 5 nitrogen and oxygen atoms in total. The van der Waals surface area contributed by atoms with Crippen LogP contribution in [-0.4, -0.2) is 16.2 Å². The second-order valence-corrected chi connectivity index (χ2v) is 4.30. The van der Waals surface area contributed by atoms with E-state index in [1.807, 2.05) is 35.9 Å². The van der Waals surface area contributed by atoms with Crippen LogP contribution < -0.4 is 15.2 Å². The highest BCUT2D eigenvalue weighted by Gasteiger charge is 2.11. The summed E-state index contributed by atoms with van der Waals surface area (Å²) in [5, 5.41) is 0. The van der Waals surface area contributed by atoms with Gasteiger partial charge in [0.05, 0.1) is 6.61 Å². The van der Waals surface area contributed by atoms with Crippen molar-refractivity contribution < 1.29 is 9.47 Å². The Labute approximate surface area is 119 Å². The van der Waals surface area contributed by atoms with E-state index in [2.05, 4.69) is 11.9 Å². The van der Waals surface area contributed by atoms with Gasteiger partial charge >= 0.3 is 0 Å². The molecule has 2 aromatic rings. The highest BCUT2D eigenvalue weighted by atomic mass is 16.5. The van der Waals surface area contributed by atoms with Crippen molar-refractivity contribution in [3.05, 3.63) is 42.0 Å². The maximum Gasteiger partial charge on any atom is 0.166 e. The molecular weight excluding hydrogens is 254 g/mol. The summed E-state index contributed by atoms with van der Waals surface area (Å²) in [6, 6.07) is 5.77. The van der Waals surface area contributed by atoms with E-state index in [0.717, 1.165) is 23.7 Å². The molecule has 5 heteroatoms. The minimum Gasteiger partial charge on any atom is -0.490 e. The summed E-state index contributed by atoms with van der Waals surface area (Å²) in [6.45, 7) is 6.30. The van der Waals surface area contributed by atoms with E-state index in [1.54, 1.807) is 6.20 Å². The molecule has 108 valence electrons. The van der Waals surface area contributed by atoms with Crippen LogP contribution in [0.3, 0.4) is 0 Å². The normalized spacial score (nSPS) is 10.6. The van der Waals surface area contributed by atoms with Gasteiger partial charge in [0, 0.05) is 31.0 Å². The minimum atomic E-state index is 0.401. The summed E-state index contributed by atoms with van der Waals surface area (Å²) < 4.78 is 13.6. The lowest BCUT2D eigenvalue weighted by molar-refractivity contribution is 0.257. The first-order valence-corrected chi connectivity index (χ1v) is 6.87. The van der Waals surface area contributed by atoms with Crippen molar-refractivity contribution in [3.8, 4) is 11.5 Å². The molecule has 0 aliphatic carbocycles. The van der Waals surface area contributed by atoms with Crippen molar-refractivity contribution in [1.29, 1.82) is 0 Å². The largest absolute Gasteiger partial charge is 0.490 e. The summed E-state index contributed by atoms with van der Waals surface area (Å²) >= 11 is 0. The van der Waals surface area contributed by atoms with Gasteiger partial charge in [-0.25, -0.2) is 4.98 Å². The zero-order valence-corrected chi connectivity index (χ0v) is 12.0. The molecule has 0 aliphatic rings. The second kappa shape index (κ2) is 6.96. The van der Waals surface area contributed by atoms with Gasteiger partial charge in [0.1, 0.15) is 12.4 Å². The van der Waals surface area contributed by atoms with Crippen molar-refractivity contribution in [2.75, 3.05) is 6.61 Å². The van der Waals surface area contributed by atoms with E-state index in [9.17, 15) is 0 Å². The van der Waals surface area contributed by atoms with Crippen molar-refractivity contribution in [2.24, 2.45) is 5.73 Å². The third-order valence-electron chi connectivity index (χ3n) is 3.07. The fourth-order valence-corrected chi connectivity index (χ4v) is 2.06. The maximum atomic E-state index is 5.91. The van der Waals surface area contributed by atoms with E-state index >= 15 is 0 Å². The predicted octanol–water partition coefficient (Wildman–Crippen LogP) is 2.34. The number of nitrogens with two attached hydrogens (primary N) is 1. The molecule has 0 fully saturated rings. The van der Waals surface area contributed by atoms with Crippen LogP contribution in [0.1, 0.15) is 25.2 Å². The quantitative estimate of drug-likeness (QED) is 0.842. The number of para-hydroxylation sites is 1. The van der Waals surface area contributed by atoms with E-state index in [4.69, 9.17) is 15.2 Å². The highest BCUT2D eigenvalue weighted by molar-refractivity contribution is 5.46. The first-order chi connectivity index (χ1) is 9.80. The number of imidazole rings is 1. The van der Waals surface area contributed by atoms with Crippen molar-refractivity contribution >= 4 is 0 Å². The summed E-state index contributed by atoms with van der Waals surface area (Å²) in [4.78, 5) is 4.30. The van der Waals surface area contributed by atoms with E-state index in [-0.39, 0.29) is 0 Å². The fourth-order valence-electron chi connectivity index (χ4n) is 2.06. The summed E-state index contributed by atoms with van der Waals surface area (Å²) in [5.41, 5.74) is 6.70. The summed E-state index contributed by atoms with van der Waals surface area (Å²) in [5.74, 6) is 2.33. The Kier molecular flexibility index (Phi) is 5.01. The Hall–Kier alpha value is -2.01. The Morgan fingerprint density at radius 3 is 2.80 bits per heavy atom. The van der Waals surface area contributed by atoms with E-state index in [0.29, 0.717) is 25.5 Å². The van der Waals surface area contributed by atoms with Gasteiger partial charge in [0.25, 0.3) is 0 Å². The van der Waals surface area contributed by atoms with Crippen molar-refractivity contribution in [2.45, 2.75) is 33.5 Å². The molecule has 0 unspecified atom stereocenters. The van der Waals surface area contributed by atoms with Gasteiger partial charge < -0.3 is 19.8 Å². The van der Waals surface area contributed by atoms with Crippen LogP contribution in [0.2, 0.25) is 0 Å². The van der Waals surface area contributed by atoms with Gasteiger partial charge in [-0.2, -0.15) is 0 Å². The monoisotopic (exact) mass is 275 g/mol. The smallest absolute Gasteiger partial charge is 0.166 e. The van der Waals surface area contributed by atoms with Crippen LogP contribution in [-0.2, 0) is 19.7 Å². The molecular formula is C15H21N3O2. The maximum absolute atomic E-state index is 5.91. The molecule has 2 rings (SSSR count). The Bertz CT molecular complexity index is 552. The van der Waals surface area contributed by atoms with Gasteiger partial charge in [0.2, 0.25) is 0 Å². The molecule has 0 saturated heterocycles. The lowest BCUT2D eigenvalue weighted by Crippen LogP contribution is -2.09. The number of nitrogens with zero attached hydrogens (tertiary/aromatic N) is 2. The molecule has 1 heterocycles. The first-order valence-electron chi connectivity index (χ1n) is 6.87. The van der Waals surface area contributed by atoms with Crippen molar-refractivity contribution in [3.63, 3.8) is 0 Å². The molecule has 0 atom stereocenters. The van der Waals surface area contributed by atoms with E-state index in [1.165, 1.54) is 0 Å². The average molecular weight is 275 g/mol.